The maximum atomic E-state index is 11.1. The minimum atomic E-state index is -2.78. The second-order valence-electron chi connectivity index (χ2n) is 4.26. The molecule has 0 aromatic rings. The Morgan fingerprint density at radius 2 is 2.07 bits per heavy atom. The highest BCUT2D eigenvalue weighted by molar-refractivity contribution is 7.91. The van der Waals surface area contributed by atoms with Gasteiger partial charge in [0.2, 0.25) is 0 Å². The fraction of sp³-hybridized carbons (Fsp3) is 0.889. The molecule has 4 nitrogen and oxygen atoms in total. The van der Waals surface area contributed by atoms with Gasteiger partial charge in [-0.2, -0.15) is 5.10 Å². The van der Waals surface area contributed by atoms with Gasteiger partial charge in [-0.1, -0.05) is 0 Å². The Labute approximate surface area is 84.7 Å². The number of hydrazone groups is 1. The molecular formula is C9H16N2O2S. The van der Waals surface area contributed by atoms with E-state index in [4.69, 9.17) is 0 Å². The molecule has 2 fully saturated rings. The lowest BCUT2D eigenvalue weighted by Crippen LogP contribution is -2.26. The lowest BCUT2D eigenvalue weighted by atomic mass is 10.3. The molecule has 1 atom stereocenters. The lowest BCUT2D eigenvalue weighted by molar-refractivity contribution is 0.575. The van der Waals surface area contributed by atoms with E-state index in [9.17, 15) is 8.42 Å². The Balaban J connectivity index is 1.84. The third-order valence-corrected chi connectivity index (χ3v) is 4.59. The molecule has 2 aliphatic rings. The molecule has 0 aromatic heterocycles. The van der Waals surface area contributed by atoms with Crippen LogP contribution in [0.5, 0.6) is 0 Å². The van der Waals surface area contributed by atoms with Crippen LogP contribution in [0, 0.1) is 5.92 Å². The van der Waals surface area contributed by atoms with Gasteiger partial charge in [0.05, 0.1) is 17.5 Å². The summed E-state index contributed by atoms with van der Waals surface area (Å²) in [6.45, 7) is 2.01. The molecule has 1 aliphatic carbocycles. The first-order chi connectivity index (χ1) is 6.57. The second kappa shape index (κ2) is 3.53. The predicted octanol–water partition coefficient (Wildman–Crippen LogP) is 0.549. The molecule has 0 aromatic carbocycles. The van der Waals surface area contributed by atoms with Gasteiger partial charge in [0.1, 0.15) is 0 Å². The van der Waals surface area contributed by atoms with Gasteiger partial charge in [0.25, 0.3) is 0 Å². The molecule has 1 aliphatic heterocycles. The smallest absolute Gasteiger partial charge is 0.152 e. The summed E-state index contributed by atoms with van der Waals surface area (Å²) in [6, 6.07) is 0.0358. The van der Waals surface area contributed by atoms with Crippen molar-refractivity contribution in [1.82, 2.24) is 5.43 Å². The summed E-state index contributed by atoms with van der Waals surface area (Å²) in [5, 5.41) is 4.24. The monoisotopic (exact) mass is 216 g/mol. The van der Waals surface area contributed by atoms with Crippen LogP contribution in [0.25, 0.3) is 0 Å². The van der Waals surface area contributed by atoms with Gasteiger partial charge in [-0.25, -0.2) is 8.42 Å². The third-order valence-electron chi connectivity index (χ3n) is 2.82. The highest BCUT2D eigenvalue weighted by Gasteiger charge is 2.28. The van der Waals surface area contributed by atoms with Crippen molar-refractivity contribution in [2.75, 3.05) is 11.5 Å². The van der Waals surface area contributed by atoms with E-state index >= 15 is 0 Å². The molecule has 1 saturated heterocycles. The quantitative estimate of drug-likeness (QED) is 0.553. The maximum Gasteiger partial charge on any atom is 0.152 e. The largest absolute Gasteiger partial charge is 0.306 e. The van der Waals surface area contributed by atoms with E-state index in [1.807, 2.05) is 6.92 Å². The van der Waals surface area contributed by atoms with Crippen molar-refractivity contribution < 1.29 is 8.42 Å². The summed E-state index contributed by atoms with van der Waals surface area (Å²) in [5.41, 5.74) is 4.09. The van der Waals surface area contributed by atoms with E-state index in [0.29, 0.717) is 18.1 Å². The van der Waals surface area contributed by atoms with Gasteiger partial charge in [0.15, 0.2) is 9.84 Å². The molecule has 1 unspecified atom stereocenters. The molecule has 14 heavy (non-hydrogen) atoms. The standard InChI is InChI=1S/C9H16N2O2S/c1-7(8-2-3-8)10-11-9-4-5-14(12,13)6-9/h8-9,11H,2-6H2,1H3. The van der Waals surface area contributed by atoms with Crippen LogP contribution >= 0.6 is 0 Å². The van der Waals surface area contributed by atoms with Crippen LogP contribution in [-0.4, -0.2) is 31.7 Å². The van der Waals surface area contributed by atoms with Gasteiger partial charge in [0, 0.05) is 5.71 Å². The van der Waals surface area contributed by atoms with E-state index in [-0.39, 0.29) is 11.8 Å². The molecule has 0 amide bonds. The van der Waals surface area contributed by atoms with Crippen molar-refractivity contribution in [2.45, 2.75) is 32.2 Å². The first-order valence-corrected chi connectivity index (χ1v) is 6.89. The highest BCUT2D eigenvalue weighted by atomic mass is 32.2. The molecule has 0 spiro atoms. The Kier molecular flexibility index (Phi) is 2.51. The van der Waals surface area contributed by atoms with E-state index in [1.54, 1.807) is 0 Å². The normalized spacial score (nSPS) is 31.8. The molecular weight excluding hydrogens is 200 g/mol. The molecule has 1 saturated carbocycles. The van der Waals surface area contributed by atoms with E-state index in [0.717, 1.165) is 5.71 Å². The number of nitrogens with one attached hydrogen (secondary N) is 1. The molecule has 0 bridgehead atoms. The maximum absolute atomic E-state index is 11.1. The van der Waals surface area contributed by atoms with Crippen LogP contribution in [0.2, 0.25) is 0 Å². The number of hydrogen-bond donors (Lipinski definition) is 1. The highest BCUT2D eigenvalue weighted by Crippen LogP contribution is 2.30. The Bertz CT molecular complexity index is 344. The van der Waals surface area contributed by atoms with E-state index in [1.165, 1.54) is 12.8 Å². The van der Waals surface area contributed by atoms with Gasteiger partial charge in [-0.15, -0.1) is 0 Å². The summed E-state index contributed by atoms with van der Waals surface area (Å²) >= 11 is 0. The van der Waals surface area contributed by atoms with E-state index < -0.39 is 9.84 Å². The zero-order valence-electron chi connectivity index (χ0n) is 8.36. The van der Waals surface area contributed by atoms with Crippen molar-refractivity contribution in [3.8, 4) is 0 Å². The zero-order chi connectivity index (χ0) is 10.2. The molecule has 5 heteroatoms. The predicted molar refractivity (Wildman–Crippen MR) is 56.0 cm³/mol. The first kappa shape index (κ1) is 9.96. The van der Waals surface area contributed by atoms with Crippen LogP contribution < -0.4 is 5.43 Å². The Morgan fingerprint density at radius 1 is 1.36 bits per heavy atom. The van der Waals surface area contributed by atoms with Gasteiger partial charge >= 0.3 is 0 Å². The average molecular weight is 216 g/mol. The molecule has 80 valence electrons. The third kappa shape index (κ3) is 2.47. The van der Waals surface area contributed by atoms with Crippen LogP contribution in [0.3, 0.4) is 0 Å². The number of sulfone groups is 1. The minimum absolute atomic E-state index is 0.0358. The van der Waals surface area contributed by atoms with Crippen molar-refractivity contribution in [2.24, 2.45) is 11.0 Å². The molecule has 1 heterocycles. The van der Waals surface area contributed by atoms with Gasteiger partial charge in [-0.3, -0.25) is 0 Å². The van der Waals surface area contributed by atoms with Crippen molar-refractivity contribution in [3.63, 3.8) is 0 Å². The Morgan fingerprint density at radius 3 is 2.57 bits per heavy atom. The average Bonchev–Trinajstić information content (AvgIpc) is 2.88. The molecule has 1 N–H and O–H groups in total. The summed E-state index contributed by atoms with van der Waals surface area (Å²) in [7, 11) is -2.78. The van der Waals surface area contributed by atoms with Crippen LogP contribution in [0.15, 0.2) is 5.10 Å². The topological polar surface area (TPSA) is 58.5 Å². The first-order valence-electron chi connectivity index (χ1n) is 5.07. The SMILES string of the molecule is CC(=NNC1CCS(=O)(=O)C1)C1CC1. The van der Waals surface area contributed by atoms with Crippen LogP contribution in [0.4, 0.5) is 0 Å². The second-order valence-corrected chi connectivity index (χ2v) is 6.49. The van der Waals surface area contributed by atoms with Gasteiger partial charge in [-0.05, 0) is 32.1 Å². The number of rotatable bonds is 3. The number of hydrogen-bond acceptors (Lipinski definition) is 4. The van der Waals surface area contributed by atoms with Gasteiger partial charge < -0.3 is 5.43 Å². The fourth-order valence-electron chi connectivity index (χ4n) is 1.68. The lowest BCUT2D eigenvalue weighted by Gasteiger charge is -2.07. The molecule has 0 radical (unpaired) electrons. The van der Waals surface area contributed by atoms with Crippen LogP contribution in [-0.2, 0) is 9.84 Å². The minimum Gasteiger partial charge on any atom is -0.306 e. The summed E-state index contributed by atoms with van der Waals surface area (Å²) in [4.78, 5) is 0. The summed E-state index contributed by atoms with van der Waals surface area (Å²) in [5.74, 6) is 1.21. The Hall–Kier alpha value is -0.580. The van der Waals surface area contributed by atoms with Crippen molar-refractivity contribution >= 4 is 15.5 Å². The summed E-state index contributed by atoms with van der Waals surface area (Å²) in [6.07, 6.45) is 3.17. The van der Waals surface area contributed by atoms with Crippen molar-refractivity contribution in [3.05, 3.63) is 0 Å². The van der Waals surface area contributed by atoms with Crippen molar-refractivity contribution in [1.29, 1.82) is 0 Å². The van der Waals surface area contributed by atoms with Crippen LogP contribution in [0.1, 0.15) is 26.2 Å². The molecule has 2 rings (SSSR count). The zero-order valence-corrected chi connectivity index (χ0v) is 9.18. The fourth-order valence-corrected chi connectivity index (χ4v) is 3.35. The number of nitrogens with zero attached hydrogens (tertiary/aromatic N) is 1. The summed E-state index contributed by atoms with van der Waals surface area (Å²) < 4.78 is 22.3. The van der Waals surface area contributed by atoms with E-state index in [2.05, 4.69) is 10.5 Å².